The van der Waals surface area contributed by atoms with Crippen LogP contribution in [0.2, 0.25) is 5.02 Å². The predicted octanol–water partition coefficient (Wildman–Crippen LogP) is 3.38. The average Bonchev–Trinajstić information content (AvgIpc) is 2.42. The molecule has 21 heavy (non-hydrogen) atoms. The molecule has 0 amide bonds. The van der Waals surface area contributed by atoms with Crippen molar-refractivity contribution in [2.75, 3.05) is 45.2 Å². The highest BCUT2D eigenvalue weighted by molar-refractivity contribution is 6.31. The van der Waals surface area contributed by atoms with Gasteiger partial charge in [-0.1, -0.05) is 23.7 Å². The highest BCUT2D eigenvalue weighted by Gasteiger charge is 2.21. The molecule has 3 nitrogen and oxygen atoms in total. The Labute approximate surface area is 145 Å². The summed E-state index contributed by atoms with van der Waals surface area (Å²) in [6, 6.07) is 6.45. The normalized spacial score (nSPS) is 16.3. The van der Waals surface area contributed by atoms with Crippen LogP contribution in [0.4, 0.5) is 5.69 Å². The van der Waals surface area contributed by atoms with Crippen molar-refractivity contribution in [3.8, 4) is 0 Å². The van der Waals surface area contributed by atoms with Gasteiger partial charge in [-0.15, -0.1) is 31.4 Å². The average molecular weight is 353 g/mol. The van der Waals surface area contributed by atoms with E-state index in [1.807, 2.05) is 26.2 Å². The molecule has 0 saturated carbocycles. The van der Waals surface area contributed by atoms with Crippen molar-refractivity contribution in [1.82, 2.24) is 10.2 Å². The fraction of sp³-hybridized carbons (Fsp3) is 0.467. The molecule has 1 aromatic carbocycles. The zero-order valence-electron chi connectivity index (χ0n) is 12.5. The van der Waals surface area contributed by atoms with E-state index in [9.17, 15) is 0 Å². The molecule has 1 saturated heterocycles. The highest BCUT2D eigenvalue weighted by Crippen LogP contribution is 2.31. The van der Waals surface area contributed by atoms with Gasteiger partial charge in [0.05, 0.1) is 6.04 Å². The minimum atomic E-state index is 0. The van der Waals surface area contributed by atoms with Crippen LogP contribution in [0.3, 0.4) is 0 Å². The third-order valence-corrected chi connectivity index (χ3v) is 3.91. The van der Waals surface area contributed by atoms with Crippen molar-refractivity contribution in [2.45, 2.75) is 6.04 Å². The van der Waals surface area contributed by atoms with Crippen LogP contribution in [0.15, 0.2) is 30.9 Å². The van der Waals surface area contributed by atoms with Crippen LogP contribution < -0.4 is 10.2 Å². The number of hydrogen-bond donors (Lipinski definition) is 1. The van der Waals surface area contributed by atoms with Crippen molar-refractivity contribution >= 4 is 42.1 Å². The molecule has 1 atom stereocenters. The van der Waals surface area contributed by atoms with Crippen LogP contribution >= 0.6 is 36.4 Å². The van der Waals surface area contributed by atoms with Crippen molar-refractivity contribution in [2.24, 2.45) is 0 Å². The Hall–Kier alpha value is -0.450. The zero-order valence-corrected chi connectivity index (χ0v) is 14.9. The summed E-state index contributed by atoms with van der Waals surface area (Å²) in [5, 5.41) is 4.18. The van der Waals surface area contributed by atoms with Gasteiger partial charge in [-0.25, -0.2) is 0 Å². The van der Waals surface area contributed by atoms with Gasteiger partial charge >= 0.3 is 0 Å². The maximum absolute atomic E-state index is 6.45. The van der Waals surface area contributed by atoms with E-state index >= 15 is 0 Å². The smallest absolute Gasteiger partial charge is 0.0544 e. The quantitative estimate of drug-likeness (QED) is 0.838. The molecule has 0 aromatic heterocycles. The molecular formula is C15H24Cl3N3. The Kier molecular flexibility index (Phi) is 9.34. The summed E-state index contributed by atoms with van der Waals surface area (Å²) in [7, 11) is 4.04. The predicted molar refractivity (Wildman–Crippen MR) is 97.7 cm³/mol. The SMILES string of the molecule is C=C[C@@H](c1ccc(N(C)C)cc1Cl)N1CCNCC1.Cl.Cl. The topological polar surface area (TPSA) is 18.5 Å². The second-order valence-electron chi connectivity index (χ2n) is 5.07. The first-order chi connectivity index (χ1) is 9.13. The van der Waals surface area contributed by atoms with Gasteiger partial charge in [-0.2, -0.15) is 0 Å². The van der Waals surface area contributed by atoms with E-state index in [4.69, 9.17) is 11.6 Å². The molecule has 6 heteroatoms. The number of rotatable bonds is 4. The van der Waals surface area contributed by atoms with E-state index in [-0.39, 0.29) is 30.9 Å². The first-order valence-corrected chi connectivity index (χ1v) is 7.05. The van der Waals surface area contributed by atoms with E-state index < -0.39 is 0 Å². The molecule has 0 unspecified atom stereocenters. The maximum Gasteiger partial charge on any atom is 0.0544 e. The van der Waals surface area contributed by atoms with Crippen LogP contribution in [0.25, 0.3) is 0 Å². The third-order valence-electron chi connectivity index (χ3n) is 3.59. The van der Waals surface area contributed by atoms with Gasteiger partial charge in [0.15, 0.2) is 0 Å². The molecule has 0 spiro atoms. The molecular weight excluding hydrogens is 329 g/mol. The first-order valence-electron chi connectivity index (χ1n) is 6.67. The molecule has 1 aliphatic heterocycles. The summed E-state index contributed by atoms with van der Waals surface area (Å²) < 4.78 is 0. The van der Waals surface area contributed by atoms with Crippen molar-refractivity contribution < 1.29 is 0 Å². The van der Waals surface area contributed by atoms with E-state index in [0.717, 1.165) is 42.5 Å². The largest absolute Gasteiger partial charge is 0.378 e. The molecule has 1 N–H and O–H groups in total. The Morgan fingerprint density at radius 1 is 1.29 bits per heavy atom. The minimum Gasteiger partial charge on any atom is -0.378 e. The summed E-state index contributed by atoms with van der Waals surface area (Å²) in [4.78, 5) is 4.48. The molecule has 1 aromatic rings. The monoisotopic (exact) mass is 351 g/mol. The summed E-state index contributed by atoms with van der Waals surface area (Å²) in [6.07, 6.45) is 1.99. The minimum absolute atomic E-state index is 0. The molecule has 2 rings (SSSR count). The van der Waals surface area contributed by atoms with Gasteiger partial charge in [-0.3, -0.25) is 4.90 Å². The van der Waals surface area contributed by atoms with E-state index in [1.165, 1.54) is 0 Å². The number of hydrogen-bond acceptors (Lipinski definition) is 3. The highest BCUT2D eigenvalue weighted by atomic mass is 35.5. The number of nitrogens with zero attached hydrogens (tertiary/aromatic N) is 2. The van der Waals surface area contributed by atoms with Crippen molar-refractivity contribution in [3.63, 3.8) is 0 Å². The van der Waals surface area contributed by atoms with E-state index in [1.54, 1.807) is 0 Å². The molecule has 1 fully saturated rings. The Morgan fingerprint density at radius 2 is 1.90 bits per heavy atom. The molecule has 1 aliphatic rings. The molecule has 0 aliphatic carbocycles. The number of anilines is 1. The van der Waals surface area contributed by atoms with Gasteiger partial charge in [0, 0.05) is 51.0 Å². The summed E-state index contributed by atoms with van der Waals surface area (Å²) in [5.74, 6) is 0. The Balaban J connectivity index is 0.00000200. The van der Waals surface area contributed by atoms with Gasteiger partial charge < -0.3 is 10.2 Å². The number of nitrogens with one attached hydrogen (secondary N) is 1. The number of benzene rings is 1. The van der Waals surface area contributed by atoms with Crippen LogP contribution in [0.1, 0.15) is 11.6 Å². The van der Waals surface area contributed by atoms with Crippen LogP contribution in [0, 0.1) is 0 Å². The van der Waals surface area contributed by atoms with Gasteiger partial charge in [0.25, 0.3) is 0 Å². The summed E-state index contributed by atoms with van der Waals surface area (Å²) >= 11 is 6.45. The summed E-state index contributed by atoms with van der Waals surface area (Å²) in [5.41, 5.74) is 2.26. The lowest BCUT2D eigenvalue weighted by Crippen LogP contribution is -2.44. The standard InChI is InChI=1S/C15H22ClN3.2ClH/c1-4-15(19-9-7-17-8-10-19)13-6-5-12(18(2)3)11-14(13)16;;/h4-6,11,15,17H,1,7-10H2,2-3H3;2*1H/t15-;;/m0../s1. The van der Waals surface area contributed by atoms with Gasteiger partial charge in [0.2, 0.25) is 0 Å². The van der Waals surface area contributed by atoms with Crippen molar-refractivity contribution in [1.29, 1.82) is 0 Å². The van der Waals surface area contributed by atoms with E-state index in [2.05, 4.69) is 33.8 Å². The van der Waals surface area contributed by atoms with Crippen LogP contribution in [0.5, 0.6) is 0 Å². The lowest BCUT2D eigenvalue weighted by Gasteiger charge is -2.34. The second-order valence-corrected chi connectivity index (χ2v) is 5.47. The van der Waals surface area contributed by atoms with E-state index in [0.29, 0.717) is 0 Å². The fourth-order valence-electron chi connectivity index (χ4n) is 2.47. The molecule has 0 bridgehead atoms. The lowest BCUT2D eigenvalue weighted by molar-refractivity contribution is 0.203. The molecule has 120 valence electrons. The maximum atomic E-state index is 6.45. The zero-order chi connectivity index (χ0) is 13.8. The third kappa shape index (κ3) is 5.04. The number of halogens is 3. The lowest BCUT2D eigenvalue weighted by atomic mass is 10.0. The Morgan fingerprint density at radius 3 is 2.38 bits per heavy atom. The van der Waals surface area contributed by atoms with Gasteiger partial charge in [0.1, 0.15) is 0 Å². The van der Waals surface area contributed by atoms with Gasteiger partial charge in [-0.05, 0) is 17.7 Å². The fourth-order valence-corrected chi connectivity index (χ4v) is 2.75. The first kappa shape index (κ1) is 20.6. The molecule has 0 radical (unpaired) electrons. The number of piperazine rings is 1. The van der Waals surface area contributed by atoms with Crippen LogP contribution in [-0.4, -0.2) is 45.2 Å². The second kappa shape index (κ2) is 9.54. The molecule has 1 heterocycles. The van der Waals surface area contributed by atoms with Crippen molar-refractivity contribution in [3.05, 3.63) is 41.4 Å². The van der Waals surface area contributed by atoms with Crippen LogP contribution in [-0.2, 0) is 0 Å². The summed E-state index contributed by atoms with van der Waals surface area (Å²) in [6.45, 7) is 8.09. The Bertz CT molecular complexity index is 446.